The van der Waals surface area contributed by atoms with Gasteiger partial charge in [0.1, 0.15) is 5.60 Å². The maximum atomic E-state index is 10.1. The van der Waals surface area contributed by atoms with Crippen LogP contribution in [0.2, 0.25) is 0 Å². The fraction of sp³-hybridized carbons (Fsp3) is 0.500. The maximum absolute atomic E-state index is 10.1. The Labute approximate surface area is 151 Å². The molecular formula is C6H6Li4O8. The van der Waals surface area contributed by atoms with Crippen LogP contribution in [-0.2, 0) is 14.4 Å². The van der Waals surface area contributed by atoms with Gasteiger partial charge in [-0.1, -0.05) is 0 Å². The fourth-order valence-corrected chi connectivity index (χ4v) is 0.684. The normalized spacial score (nSPS) is 7.83. The molecule has 0 aliphatic rings. The Morgan fingerprint density at radius 1 is 0.833 bits per heavy atom. The summed E-state index contributed by atoms with van der Waals surface area (Å²) in [6.45, 7) is 0. The first kappa shape index (κ1) is 36.3. The molecule has 0 bridgehead atoms. The zero-order chi connectivity index (χ0) is 10.6. The standard InChI is InChI=1S/C6H8O7.4Li.H2O/c7-3(8)1-6(13,5(11)12)2-4(9)10;;;;;/h13H,1-2H2,(H,7,8)(H,9,10)(H,11,12);;;;;1H2/q;4*+1;/p-4. The summed E-state index contributed by atoms with van der Waals surface area (Å²) in [5.74, 6) is -5.98. The van der Waals surface area contributed by atoms with E-state index >= 15 is 0 Å². The predicted octanol–water partition coefficient (Wildman–Crippen LogP) is -17.4. The first-order valence-corrected chi connectivity index (χ1v) is 3.11. The number of carbonyl (C=O) groups is 3. The number of hydrogen-bond acceptors (Lipinski definition) is 8. The van der Waals surface area contributed by atoms with E-state index in [4.69, 9.17) is 5.11 Å². The first-order valence-electron chi connectivity index (χ1n) is 3.11. The van der Waals surface area contributed by atoms with Crippen LogP contribution in [-0.4, -0.2) is 34.1 Å². The van der Waals surface area contributed by atoms with Crippen LogP contribution in [0.3, 0.4) is 0 Å². The number of rotatable bonds is 5. The Bertz CT molecular complexity index is 242. The molecule has 0 aromatic carbocycles. The van der Waals surface area contributed by atoms with E-state index in [0.717, 1.165) is 0 Å². The van der Waals surface area contributed by atoms with E-state index in [0.29, 0.717) is 0 Å². The van der Waals surface area contributed by atoms with Crippen molar-refractivity contribution in [2.45, 2.75) is 18.4 Å². The summed E-state index contributed by atoms with van der Waals surface area (Å²) in [7, 11) is 0. The van der Waals surface area contributed by atoms with Crippen molar-refractivity contribution >= 4 is 17.9 Å². The van der Waals surface area contributed by atoms with Crippen molar-refractivity contribution in [3.8, 4) is 0 Å². The van der Waals surface area contributed by atoms with Gasteiger partial charge in [-0.25, -0.2) is 0 Å². The minimum atomic E-state index is -2.97. The molecule has 0 heterocycles. The van der Waals surface area contributed by atoms with Crippen LogP contribution in [0.15, 0.2) is 0 Å². The van der Waals surface area contributed by atoms with E-state index < -0.39 is 36.4 Å². The number of aliphatic hydroxyl groups is 1. The van der Waals surface area contributed by atoms with Gasteiger partial charge in [0.05, 0.1) is 5.97 Å². The summed E-state index contributed by atoms with van der Waals surface area (Å²) in [4.78, 5) is 30.0. The summed E-state index contributed by atoms with van der Waals surface area (Å²) < 4.78 is 0. The molecule has 0 fully saturated rings. The molecule has 0 aliphatic carbocycles. The van der Waals surface area contributed by atoms with Gasteiger partial charge in [-0.3, -0.25) is 0 Å². The quantitative estimate of drug-likeness (QED) is 0.456. The van der Waals surface area contributed by atoms with Gasteiger partial charge in [0.25, 0.3) is 0 Å². The second-order valence-corrected chi connectivity index (χ2v) is 2.42. The van der Waals surface area contributed by atoms with Crippen molar-refractivity contribution in [1.29, 1.82) is 0 Å². The van der Waals surface area contributed by atoms with Gasteiger partial charge in [0.15, 0.2) is 0 Å². The molecule has 8 nitrogen and oxygen atoms in total. The van der Waals surface area contributed by atoms with Crippen LogP contribution in [0.1, 0.15) is 12.8 Å². The molecular weight excluding hydrogens is 228 g/mol. The van der Waals surface area contributed by atoms with E-state index in [-0.39, 0.29) is 80.9 Å². The molecule has 0 rings (SSSR count). The van der Waals surface area contributed by atoms with Gasteiger partial charge in [-0.05, 0) is 0 Å². The molecule has 0 atom stereocenters. The summed E-state index contributed by atoms with van der Waals surface area (Å²) >= 11 is 0. The Balaban J connectivity index is -0.0000000720. The van der Waals surface area contributed by atoms with Gasteiger partial charge in [-0.15, -0.1) is 0 Å². The van der Waals surface area contributed by atoms with Crippen LogP contribution in [0.25, 0.3) is 0 Å². The number of carbonyl (C=O) groups excluding carboxylic acids is 3. The van der Waals surface area contributed by atoms with Gasteiger partial charge in [0.2, 0.25) is 0 Å². The maximum Gasteiger partial charge on any atom is 1.00 e. The smallest absolute Gasteiger partial charge is 0.870 e. The SMILES string of the molecule is O=C([O-])CC(O)(CC(=O)[O-])C(=O)[O-].[Li+].[Li+].[Li+].[Li+].[OH-]. The molecule has 0 aromatic heterocycles. The van der Waals surface area contributed by atoms with E-state index in [9.17, 15) is 29.7 Å². The second kappa shape index (κ2) is 15.8. The Morgan fingerprint density at radius 2 is 1.06 bits per heavy atom. The molecule has 18 heavy (non-hydrogen) atoms. The van der Waals surface area contributed by atoms with Crippen molar-refractivity contribution in [1.82, 2.24) is 0 Å². The van der Waals surface area contributed by atoms with Crippen LogP contribution in [0.4, 0.5) is 0 Å². The molecule has 82 valence electrons. The molecule has 0 unspecified atom stereocenters. The first-order chi connectivity index (χ1) is 5.78. The molecule has 0 saturated carbocycles. The number of aliphatic carboxylic acids is 3. The average molecular weight is 234 g/mol. The van der Waals surface area contributed by atoms with Gasteiger partial charge < -0.3 is 40.3 Å². The summed E-state index contributed by atoms with van der Waals surface area (Å²) in [5.41, 5.74) is -2.97. The Hall–Kier alpha value is 0.720. The van der Waals surface area contributed by atoms with Crippen molar-refractivity contribution < 1.29 is 116 Å². The largest absolute Gasteiger partial charge is 1.00 e. The molecule has 0 amide bonds. The topological polar surface area (TPSA) is 171 Å². The Morgan fingerprint density at radius 3 is 1.17 bits per heavy atom. The molecule has 0 radical (unpaired) electrons. The van der Waals surface area contributed by atoms with E-state index in [2.05, 4.69) is 0 Å². The van der Waals surface area contributed by atoms with Gasteiger partial charge >= 0.3 is 75.4 Å². The molecule has 0 aromatic rings. The third kappa shape index (κ3) is 14.8. The van der Waals surface area contributed by atoms with Crippen molar-refractivity contribution in [3.63, 3.8) is 0 Å². The van der Waals surface area contributed by atoms with Crippen molar-refractivity contribution in [2.75, 3.05) is 0 Å². The van der Waals surface area contributed by atoms with E-state index in [1.54, 1.807) is 0 Å². The second-order valence-electron chi connectivity index (χ2n) is 2.42. The zero-order valence-corrected chi connectivity index (χ0v) is 10.8. The number of hydrogen-bond donors (Lipinski definition) is 1. The molecule has 0 aliphatic heterocycles. The van der Waals surface area contributed by atoms with Crippen LogP contribution in [0, 0.1) is 0 Å². The third-order valence-corrected chi connectivity index (χ3v) is 1.25. The van der Waals surface area contributed by atoms with Crippen LogP contribution < -0.4 is 90.8 Å². The van der Waals surface area contributed by atoms with Crippen molar-refractivity contribution in [2.24, 2.45) is 0 Å². The monoisotopic (exact) mass is 234 g/mol. The average Bonchev–Trinajstić information content (AvgIpc) is 1.82. The Kier molecular flexibility index (Phi) is 31.8. The number of carboxylic acids is 3. The molecule has 0 saturated heterocycles. The van der Waals surface area contributed by atoms with Gasteiger partial charge in [-0.2, -0.15) is 0 Å². The fourth-order valence-electron chi connectivity index (χ4n) is 0.684. The molecule has 12 heteroatoms. The summed E-state index contributed by atoms with van der Waals surface area (Å²) in [5, 5.41) is 38.9. The molecule has 0 spiro atoms. The minimum Gasteiger partial charge on any atom is -0.870 e. The number of carboxylic acid groups (broad SMARTS) is 3. The van der Waals surface area contributed by atoms with Crippen LogP contribution >= 0.6 is 0 Å². The minimum absolute atomic E-state index is 0. The van der Waals surface area contributed by atoms with Crippen LogP contribution in [0.5, 0.6) is 0 Å². The zero-order valence-electron chi connectivity index (χ0n) is 10.8. The summed E-state index contributed by atoms with van der Waals surface area (Å²) in [6, 6.07) is 0. The van der Waals surface area contributed by atoms with Gasteiger partial charge in [0, 0.05) is 24.8 Å². The predicted molar refractivity (Wildman–Crippen MR) is 31.1 cm³/mol. The third-order valence-electron chi connectivity index (χ3n) is 1.25. The summed E-state index contributed by atoms with van der Waals surface area (Å²) in [6.07, 6.45) is -2.72. The van der Waals surface area contributed by atoms with E-state index in [1.165, 1.54) is 0 Å². The van der Waals surface area contributed by atoms with Crippen molar-refractivity contribution in [3.05, 3.63) is 0 Å². The van der Waals surface area contributed by atoms with E-state index in [1.807, 2.05) is 0 Å². The molecule has 2 N–H and O–H groups in total.